The van der Waals surface area contributed by atoms with Crippen LogP contribution >= 0.6 is 0 Å². The van der Waals surface area contributed by atoms with E-state index in [0.29, 0.717) is 41.4 Å². The average molecular weight is 871 g/mol. The van der Waals surface area contributed by atoms with Crippen molar-refractivity contribution in [3.05, 3.63) is 0 Å². The fourth-order valence-electron chi connectivity index (χ4n) is 14.5. The van der Waals surface area contributed by atoms with E-state index in [2.05, 4.69) is 27.7 Å². The summed E-state index contributed by atoms with van der Waals surface area (Å²) >= 11 is 0. The molecule has 16 nitrogen and oxygen atoms in total. The molecule has 61 heavy (non-hydrogen) atoms. The van der Waals surface area contributed by atoms with E-state index in [1.807, 2.05) is 0 Å². The predicted octanol–water partition coefficient (Wildman–Crippen LogP) is 1.32. The van der Waals surface area contributed by atoms with Gasteiger partial charge in [-0.2, -0.15) is 0 Å². The second kappa shape index (κ2) is 16.9. The molecular formula is C45H74O16. The molecule has 0 aromatic heterocycles. The standard InChI is InChI=1S/C45H74O16/c1-19-9-14-45(55-17-19)20(2)30-28(61-45)16-27-25-8-7-23-15-24(10-12-43(23,5)26(25)11-13-44(27,30)6)58-42-38(53)35(50)39(60-41-37(52)34(49)32(47)22(4)57-41)29(59-42)18-54-40-36(51)33(48)31(46)21(3)56-40/h19-42,46-53H,7-18H2,1-6H3/t19-,20-,21-,22-,23+,24-,25+,26-,27-,28-,29+,30-,31-,32-,33+,34+,35+,36+,37+,38+,39+,40+,41-,42+,43-,44-,45+/m0/s1. The Labute approximate surface area is 359 Å². The number of hydrogen-bond donors (Lipinski definition) is 8. The maximum absolute atomic E-state index is 11.6. The number of fused-ring (bicyclic) bond motifs is 7. The van der Waals surface area contributed by atoms with E-state index in [4.69, 9.17) is 37.9 Å². The molecule has 0 bridgehead atoms. The maximum Gasteiger partial charge on any atom is 0.187 e. The molecule has 0 amide bonds. The molecule has 5 aliphatic heterocycles. The summed E-state index contributed by atoms with van der Waals surface area (Å²) in [4.78, 5) is 0. The van der Waals surface area contributed by atoms with Gasteiger partial charge in [-0.25, -0.2) is 0 Å². The Balaban J connectivity index is 0.863. The van der Waals surface area contributed by atoms with Crippen molar-refractivity contribution in [3.8, 4) is 0 Å². The Kier molecular flexibility index (Phi) is 12.6. The monoisotopic (exact) mass is 870 g/mol. The highest BCUT2D eigenvalue weighted by Gasteiger charge is 2.69. The zero-order chi connectivity index (χ0) is 43.5. The van der Waals surface area contributed by atoms with Gasteiger partial charge in [0.15, 0.2) is 24.7 Å². The first-order chi connectivity index (χ1) is 28.9. The van der Waals surface area contributed by atoms with Gasteiger partial charge in [0.1, 0.15) is 61.0 Å². The molecule has 5 saturated heterocycles. The topological polar surface area (TPSA) is 236 Å². The average Bonchev–Trinajstić information content (AvgIpc) is 3.68. The molecule has 9 rings (SSSR count). The third kappa shape index (κ3) is 7.59. The lowest BCUT2D eigenvalue weighted by molar-refractivity contribution is -0.369. The molecule has 9 aliphatic rings. The molecule has 9 fully saturated rings. The zero-order valence-electron chi connectivity index (χ0n) is 36.7. The van der Waals surface area contributed by atoms with Gasteiger partial charge in [0, 0.05) is 12.3 Å². The van der Waals surface area contributed by atoms with Crippen LogP contribution in [0.2, 0.25) is 0 Å². The summed E-state index contributed by atoms with van der Waals surface area (Å²) in [5, 5.41) is 85.8. The smallest absolute Gasteiger partial charge is 0.187 e. The summed E-state index contributed by atoms with van der Waals surface area (Å²) < 4.78 is 49.6. The summed E-state index contributed by atoms with van der Waals surface area (Å²) in [7, 11) is 0. The summed E-state index contributed by atoms with van der Waals surface area (Å²) in [5.74, 6) is 3.37. The molecule has 0 aromatic rings. The zero-order valence-corrected chi connectivity index (χ0v) is 36.7. The van der Waals surface area contributed by atoms with Gasteiger partial charge in [-0.05, 0) is 118 Å². The lowest BCUT2D eigenvalue weighted by atomic mass is 9.44. The highest BCUT2D eigenvalue weighted by molar-refractivity contribution is 5.15. The van der Waals surface area contributed by atoms with Crippen molar-refractivity contribution in [3.63, 3.8) is 0 Å². The molecule has 27 atom stereocenters. The SMILES string of the molecule is C[C@H]1CC[C@@]2(OC1)O[C@H]1C[C@H]3[C@@H]4CC[C@@H]5C[C@@H](O[C@@H]6O[C@H](CO[C@@H]7O[C@@H](C)[C@H](O)[C@@H](O)[C@H]7O)[C@@H](O[C@@H]7O[C@@H](C)[C@H](O)[C@@H](O)[C@H]7O)[C@H](O)[C@H]6O)CC[C@]5(C)[C@H]4CC[C@]3(C)[C@H]1[C@@H]2C. The van der Waals surface area contributed by atoms with Crippen molar-refractivity contribution in [1.29, 1.82) is 0 Å². The summed E-state index contributed by atoms with van der Waals surface area (Å²) in [6.07, 6.45) is -10.6. The van der Waals surface area contributed by atoms with Crippen LogP contribution in [-0.4, -0.2) is 164 Å². The Morgan fingerprint density at radius 1 is 0.590 bits per heavy atom. The van der Waals surface area contributed by atoms with Crippen LogP contribution in [0.15, 0.2) is 0 Å². The fraction of sp³-hybridized carbons (Fsp3) is 1.00. The number of aliphatic hydroxyl groups is 8. The van der Waals surface area contributed by atoms with Gasteiger partial charge in [-0.15, -0.1) is 0 Å². The lowest BCUT2D eigenvalue weighted by Crippen LogP contribution is -2.65. The van der Waals surface area contributed by atoms with E-state index in [0.717, 1.165) is 51.6 Å². The summed E-state index contributed by atoms with van der Waals surface area (Å²) in [5.41, 5.74) is 0.383. The van der Waals surface area contributed by atoms with Crippen molar-refractivity contribution in [2.75, 3.05) is 13.2 Å². The Hall–Kier alpha value is -0.640. The molecule has 350 valence electrons. The second-order valence-corrected chi connectivity index (χ2v) is 21.5. The number of ether oxygens (including phenoxy) is 8. The fourth-order valence-corrected chi connectivity index (χ4v) is 14.5. The van der Waals surface area contributed by atoms with Crippen LogP contribution < -0.4 is 0 Å². The highest BCUT2D eigenvalue weighted by Crippen LogP contribution is 2.71. The molecule has 0 radical (unpaired) electrons. The first kappa shape index (κ1) is 45.5. The minimum atomic E-state index is -1.70. The molecule has 16 heteroatoms. The number of rotatable bonds is 7. The van der Waals surface area contributed by atoms with E-state index in [1.54, 1.807) is 0 Å². The summed E-state index contributed by atoms with van der Waals surface area (Å²) in [6, 6.07) is 0. The molecule has 1 spiro atoms. The quantitative estimate of drug-likeness (QED) is 0.169. The van der Waals surface area contributed by atoms with Gasteiger partial charge in [0.2, 0.25) is 0 Å². The van der Waals surface area contributed by atoms with Gasteiger partial charge in [0.25, 0.3) is 0 Å². The number of hydrogen-bond acceptors (Lipinski definition) is 16. The van der Waals surface area contributed by atoms with Crippen molar-refractivity contribution in [1.82, 2.24) is 0 Å². The third-order valence-corrected chi connectivity index (χ3v) is 18.2. The molecular weight excluding hydrogens is 796 g/mol. The minimum Gasteiger partial charge on any atom is -0.388 e. The molecule has 0 aromatic carbocycles. The maximum atomic E-state index is 11.6. The van der Waals surface area contributed by atoms with Gasteiger partial charge < -0.3 is 78.7 Å². The Bertz CT molecular complexity index is 1530. The van der Waals surface area contributed by atoms with Crippen LogP contribution in [-0.2, 0) is 37.9 Å². The van der Waals surface area contributed by atoms with Crippen molar-refractivity contribution >= 4 is 0 Å². The van der Waals surface area contributed by atoms with Crippen LogP contribution in [0.4, 0.5) is 0 Å². The van der Waals surface area contributed by atoms with E-state index < -0.39 is 105 Å². The van der Waals surface area contributed by atoms with Crippen molar-refractivity contribution < 1.29 is 78.7 Å². The van der Waals surface area contributed by atoms with Crippen LogP contribution in [0.1, 0.15) is 106 Å². The first-order valence-corrected chi connectivity index (χ1v) is 23.5. The van der Waals surface area contributed by atoms with E-state index in [9.17, 15) is 40.9 Å². The predicted molar refractivity (Wildman–Crippen MR) is 213 cm³/mol. The van der Waals surface area contributed by atoms with Gasteiger partial charge in [-0.3, -0.25) is 0 Å². The minimum absolute atomic E-state index is 0.144. The molecule has 4 saturated carbocycles. The Morgan fingerprint density at radius 2 is 1.23 bits per heavy atom. The molecule has 5 heterocycles. The van der Waals surface area contributed by atoms with Gasteiger partial charge >= 0.3 is 0 Å². The van der Waals surface area contributed by atoms with Crippen molar-refractivity contribution in [2.24, 2.45) is 52.3 Å². The van der Waals surface area contributed by atoms with E-state index in [1.165, 1.54) is 33.1 Å². The highest BCUT2D eigenvalue weighted by atomic mass is 16.8. The number of aliphatic hydroxyl groups excluding tert-OH is 8. The van der Waals surface area contributed by atoms with Crippen LogP contribution in [0, 0.1) is 52.3 Å². The summed E-state index contributed by atoms with van der Waals surface area (Å²) in [6.45, 7) is 13.1. The van der Waals surface area contributed by atoms with E-state index in [-0.39, 0.29) is 23.0 Å². The largest absolute Gasteiger partial charge is 0.388 e. The van der Waals surface area contributed by atoms with Crippen LogP contribution in [0.25, 0.3) is 0 Å². The van der Waals surface area contributed by atoms with E-state index >= 15 is 0 Å². The molecule has 4 aliphatic carbocycles. The molecule has 0 unspecified atom stereocenters. The molecule has 8 N–H and O–H groups in total. The first-order valence-electron chi connectivity index (χ1n) is 23.5. The third-order valence-electron chi connectivity index (χ3n) is 18.2. The second-order valence-electron chi connectivity index (χ2n) is 21.5. The van der Waals surface area contributed by atoms with Gasteiger partial charge in [-0.1, -0.05) is 27.7 Å². The Morgan fingerprint density at radius 3 is 1.92 bits per heavy atom. The van der Waals surface area contributed by atoms with Gasteiger partial charge in [0.05, 0.1) is 37.6 Å². The van der Waals surface area contributed by atoms with Crippen molar-refractivity contribution in [2.45, 2.75) is 216 Å². The normalized spacial score (nSPS) is 59.7. The van der Waals surface area contributed by atoms with Crippen LogP contribution in [0.3, 0.4) is 0 Å². The lowest BCUT2D eigenvalue weighted by Gasteiger charge is -2.61. The van der Waals surface area contributed by atoms with Crippen LogP contribution in [0.5, 0.6) is 0 Å².